The van der Waals surface area contributed by atoms with Crippen LogP contribution in [-0.2, 0) is 9.53 Å². The van der Waals surface area contributed by atoms with Crippen molar-refractivity contribution >= 4 is 6.29 Å². The Hall–Kier alpha value is -1.18. The fraction of sp³-hybridized carbons (Fsp3) is 0.636. The highest BCUT2D eigenvalue weighted by molar-refractivity contribution is 5.79. The first-order valence-corrected chi connectivity index (χ1v) is 5.01. The number of hydrogen-bond donors (Lipinski definition) is 0. The molecule has 82 valence electrons. The molecule has 0 spiro atoms. The first kappa shape index (κ1) is 11.9. The largest absolute Gasteiger partial charge is 0.379 e. The van der Waals surface area contributed by atoms with E-state index in [0.717, 1.165) is 13.1 Å². The van der Waals surface area contributed by atoms with E-state index in [9.17, 15) is 4.79 Å². The molecule has 0 aliphatic carbocycles. The fourth-order valence-corrected chi connectivity index (χ4v) is 1.70. The molecule has 15 heavy (non-hydrogen) atoms. The summed E-state index contributed by atoms with van der Waals surface area (Å²) in [6, 6.07) is 1.88. The smallest absolute Gasteiger partial charge is 0.160 e. The molecule has 0 aromatic heterocycles. The summed E-state index contributed by atoms with van der Waals surface area (Å²) in [6.45, 7) is 7.08. The number of rotatable bonds is 3. The quantitative estimate of drug-likeness (QED) is 0.390. The summed E-state index contributed by atoms with van der Waals surface area (Å²) in [5.74, 6) is 0. The predicted octanol–water partition coefficient (Wildman–Crippen LogP) is 0.746. The Morgan fingerprint density at radius 2 is 2.07 bits per heavy atom. The highest BCUT2D eigenvalue weighted by atomic mass is 16.5. The number of morpholine rings is 1. The highest BCUT2D eigenvalue weighted by Gasteiger charge is 2.26. The van der Waals surface area contributed by atoms with Gasteiger partial charge in [-0.1, -0.05) is 0 Å². The molecule has 0 amide bonds. The van der Waals surface area contributed by atoms with Gasteiger partial charge in [0.05, 0.1) is 18.8 Å². The van der Waals surface area contributed by atoms with Gasteiger partial charge >= 0.3 is 0 Å². The van der Waals surface area contributed by atoms with Gasteiger partial charge in [-0.2, -0.15) is 5.26 Å². The third kappa shape index (κ3) is 3.15. The van der Waals surface area contributed by atoms with Gasteiger partial charge in [-0.15, -0.1) is 0 Å². The first-order chi connectivity index (χ1) is 7.10. The van der Waals surface area contributed by atoms with Gasteiger partial charge < -0.3 is 4.74 Å². The Bertz CT molecular complexity index is 296. The van der Waals surface area contributed by atoms with Crippen LogP contribution in [0.15, 0.2) is 11.6 Å². The van der Waals surface area contributed by atoms with Gasteiger partial charge in [-0.25, -0.2) is 0 Å². The van der Waals surface area contributed by atoms with E-state index in [2.05, 4.69) is 4.90 Å². The average molecular weight is 208 g/mol. The minimum atomic E-state index is -0.268. The number of aldehydes is 1. The molecule has 1 aliphatic rings. The lowest BCUT2D eigenvalue weighted by Crippen LogP contribution is -2.48. The van der Waals surface area contributed by atoms with E-state index in [1.165, 1.54) is 0 Å². The maximum absolute atomic E-state index is 10.6. The number of carbonyl (C=O) groups is 1. The van der Waals surface area contributed by atoms with Crippen molar-refractivity contribution in [2.75, 3.05) is 26.3 Å². The molecule has 1 rings (SSSR count). The number of allylic oxidation sites excluding steroid dienone is 1. The molecule has 0 bridgehead atoms. The van der Waals surface area contributed by atoms with E-state index >= 15 is 0 Å². The Labute approximate surface area is 90.1 Å². The molecule has 1 saturated heterocycles. The van der Waals surface area contributed by atoms with Crippen LogP contribution >= 0.6 is 0 Å². The van der Waals surface area contributed by atoms with E-state index in [0.29, 0.717) is 19.5 Å². The predicted molar refractivity (Wildman–Crippen MR) is 56.2 cm³/mol. The van der Waals surface area contributed by atoms with Crippen LogP contribution in [0.3, 0.4) is 0 Å². The monoisotopic (exact) mass is 208 g/mol. The van der Waals surface area contributed by atoms with Crippen LogP contribution in [0.2, 0.25) is 0 Å². The molecule has 0 saturated carbocycles. The van der Waals surface area contributed by atoms with E-state index in [4.69, 9.17) is 10.00 Å². The molecular weight excluding hydrogens is 192 g/mol. The Morgan fingerprint density at radius 3 is 2.53 bits per heavy atom. The van der Waals surface area contributed by atoms with Crippen molar-refractivity contribution in [3.63, 3.8) is 0 Å². The summed E-state index contributed by atoms with van der Waals surface area (Å²) in [5.41, 5.74) is -0.0815. The standard InChI is InChI=1S/C11H16N2O2/c1-11(2,7-10(8-12)9-14)13-3-5-15-6-4-13/h7,9H,3-6H2,1-2H3/b10-7-. The fourth-order valence-electron chi connectivity index (χ4n) is 1.70. The van der Waals surface area contributed by atoms with E-state index < -0.39 is 0 Å². The molecule has 0 unspecified atom stereocenters. The number of carbonyl (C=O) groups excluding carboxylic acids is 1. The molecule has 4 nitrogen and oxygen atoms in total. The van der Waals surface area contributed by atoms with Crippen molar-refractivity contribution in [3.05, 3.63) is 11.6 Å². The maximum Gasteiger partial charge on any atom is 0.160 e. The second-order valence-electron chi connectivity index (χ2n) is 4.08. The van der Waals surface area contributed by atoms with Crippen molar-refractivity contribution in [3.8, 4) is 6.07 Å². The molecule has 0 atom stereocenters. The molecule has 1 heterocycles. The van der Waals surface area contributed by atoms with Gasteiger partial charge in [-0.3, -0.25) is 9.69 Å². The van der Waals surface area contributed by atoms with Gasteiger partial charge in [0.15, 0.2) is 6.29 Å². The van der Waals surface area contributed by atoms with Crippen LogP contribution in [-0.4, -0.2) is 43.0 Å². The molecule has 1 fully saturated rings. The Balaban J connectivity index is 2.76. The lowest BCUT2D eigenvalue weighted by atomic mass is 9.99. The van der Waals surface area contributed by atoms with Crippen molar-refractivity contribution in [1.82, 2.24) is 4.90 Å². The SMILES string of the molecule is CC(C)(/C=C(/C#N)C=O)N1CCOCC1. The van der Waals surface area contributed by atoms with Crippen LogP contribution in [0.5, 0.6) is 0 Å². The van der Waals surface area contributed by atoms with Gasteiger partial charge in [-0.05, 0) is 19.9 Å². The van der Waals surface area contributed by atoms with Crippen molar-refractivity contribution in [2.24, 2.45) is 0 Å². The zero-order valence-electron chi connectivity index (χ0n) is 9.19. The molecule has 0 radical (unpaired) electrons. The molecule has 1 aliphatic heterocycles. The minimum Gasteiger partial charge on any atom is -0.379 e. The van der Waals surface area contributed by atoms with E-state index in [1.54, 1.807) is 6.08 Å². The van der Waals surface area contributed by atoms with E-state index in [1.807, 2.05) is 19.9 Å². The second kappa shape index (κ2) is 5.06. The minimum absolute atomic E-state index is 0.187. The summed E-state index contributed by atoms with van der Waals surface area (Å²) in [5, 5.41) is 8.69. The van der Waals surface area contributed by atoms with E-state index in [-0.39, 0.29) is 11.1 Å². The van der Waals surface area contributed by atoms with Crippen LogP contribution in [0, 0.1) is 11.3 Å². The van der Waals surface area contributed by atoms with Crippen LogP contribution in [0.4, 0.5) is 0 Å². The number of nitriles is 1. The lowest BCUT2D eigenvalue weighted by molar-refractivity contribution is -0.104. The van der Waals surface area contributed by atoms with Crippen molar-refractivity contribution in [1.29, 1.82) is 5.26 Å². The van der Waals surface area contributed by atoms with Crippen LogP contribution in [0.1, 0.15) is 13.8 Å². The number of ether oxygens (including phenoxy) is 1. The van der Waals surface area contributed by atoms with Crippen LogP contribution in [0.25, 0.3) is 0 Å². The number of hydrogen-bond acceptors (Lipinski definition) is 4. The molecule has 0 N–H and O–H groups in total. The highest BCUT2D eigenvalue weighted by Crippen LogP contribution is 2.18. The Kier molecular flexibility index (Phi) is 4.01. The maximum atomic E-state index is 10.6. The lowest BCUT2D eigenvalue weighted by Gasteiger charge is -2.38. The molecule has 4 heteroatoms. The van der Waals surface area contributed by atoms with Crippen LogP contribution < -0.4 is 0 Å². The van der Waals surface area contributed by atoms with Gasteiger partial charge in [0.1, 0.15) is 6.07 Å². The topological polar surface area (TPSA) is 53.3 Å². The van der Waals surface area contributed by atoms with Crippen molar-refractivity contribution in [2.45, 2.75) is 19.4 Å². The average Bonchev–Trinajstić information content (AvgIpc) is 2.27. The third-order valence-corrected chi connectivity index (χ3v) is 2.59. The van der Waals surface area contributed by atoms with Gasteiger partial charge in [0, 0.05) is 18.6 Å². The molecular formula is C11H16N2O2. The zero-order chi connectivity index (χ0) is 11.3. The normalized spacial score (nSPS) is 19.7. The van der Waals surface area contributed by atoms with Gasteiger partial charge in [0.25, 0.3) is 0 Å². The third-order valence-electron chi connectivity index (χ3n) is 2.59. The van der Waals surface area contributed by atoms with Gasteiger partial charge in [0.2, 0.25) is 0 Å². The second-order valence-corrected chi connectivity index (χ2v) is 4.08. The van der Waals surface area contributed by atoms with Crippen molar-refractivity contribution < 1.29 is 9.53 Å². The molecule has 0 aromatic carbocycles. The first-order valence-electron chi connectivity index (χ1n) is 5.01. The summed E-state index contributed by atoms with van der Waals surface area (Å²) >= 11 is 0. The molecule has 0 aromatic rings. The Morgan fingerprint density at radius 1 is 1.47 bits per heavy atom. The zero-order valence-corrected chi connectivity index (χ0v) is 9.19. The summed E-state index contributed by atoms with van der Waals surface area (Å²) in [7, 11) is 0. The summed E-state index contributed by atoms with van der Waals surface area (Å²) in [6.07, 6.45) is 2.31. The summed E-state index contributed by atoms with van der Waals surface area (Å²) < 4.78 is 5.26. The number of nitrogens with zero attached hydrogens (tertiary/aromatic N) is 2. The summed E-state index contributed by atoms with van der Waals surface area (Å²) in [4.78, 5) is 12.8.